The number of carbonyl (C=O) groups excluding carboxylic acids is 3. The van der Waals surface area contributed by atoms with E-state index in [2.05, 4.69) is 4.99 Å². The average Bonchev–Trinajstić information content (AvgIpc) is 2.77. The maximum atomic E-state index is 12.9. The van der Waals surface area contributed by atoms with E-state index in [1.54, 1.807) is 18.2 Å². The lowest BCUT2D eigenvalue weighted by molar-refractivity contribution is -0.127. The summed E-state index contributed by atoms with van der Waals surface area (Å²) in [6.45, 7) is 5.46. The number of ketones is 1. The zero-order valence-electron chi connectivity index (χ0n) is 14.6. The van der Waals surface area contributed by atoms with Gasteiger partial charge in [0.15, 0.2) is 6.29 Å². The molecule has 1 heterocycles. The van der Waals surface area contributed by atoms with Gasteiger partial charge in [0.05, 0.1) is 5.69 Å². The second-order valence-electron chi connectivity index (χ2n) is 6.00. The minimum Gasteiger partial charge on any atom is -0.387 e. The van der Waals surface area contributed by atoms with Crippen LogP contribution in [0.4, 0.5) is 5.69 Å². The van der Waals surface area contributed by atoms with E-state index >= 15 is 0 Å². The number of rotatable bonds is 7. The maximum absolute atomic E-state index is 12.9. The molecule has 6 heteroatoms. The number of hydrogen-bond acceptors (Lipinski definition) is 5. The first-order chi connectivity index (χ1) is 12.0. The average molecular weight is 341 g/mol. The number of amides is 1. The molecule has 0 radical (unpaired) electrons. The number of benzene rings is 1. The molecule has 0 spiro atoms. The van der Waals surface area contributed by atoms with E-state index in [-0.39, 0.29) is 24.2 Å². The van der Waals surface area contributed by atoms with Crippen molar-refractivity contribution in [3.63, 3.8) is 0 Å². The van der Waals surface area contributed by atoms with Crippen molar-refractivity contribution >= 4 is 35.6 Å². The van der Waals surface area contributed by atoms with Gasteiger partial charge in [0.25, 0.3) is 0 Å². The molecule has 6 nitrogen and oxygen atoms in total. The van der Waals surface area contributed by atoms with Gasteiger partial charge in [-0.15, -0.1) is 0 Å². The van der Waals surface area contributed by atoms with Gasteiger partial charge < -0.3 is 10.6 Å². The van der Waals surface area contributed by atoms with Gasteiger partial charge in [-0.25, -0.2) is 4.99 Å². The smallest absolute Gasteiger partial charge is 0.250 e. The molecule has 0 atom stereocenters. The van der Waals surface area contributed by atoms with Crippen molar-refractivity contribution in [3.8, 4) is 0 Å². The highest BCUT2D eigenvalue weighted by molar-refractivity contribution is 6.33. The lowest BCUT2D eigenvalue weighted by Gasteiger charge is -2.22. The number of aldehydes is 1. The Balaban J connectivity index is 2.41. The van der Waals surface area contributed by atoms with Crippen LogP contribution in [0.15, 0.2) is 28.8 Å². The summed E-state index contributed by atoms with van der Waals surface area (Å²) in [6, 6.07) is 4.77. The van der Waals surface area contributed by atoms with Gasteiger partial charge in [0.2, 0.25) is 11.7 Å². The highest BCUT2D eigenvalue weighted by Crippen LogP contribution is 2.28. The van der Waals surface area contributed by atoms with Crippen LogP contribution in [-0.4, -0.2) is 41.8 Å². The van der Waals surface area contributed by atoms with E-state index < -0.39 is 5.78 Å². The standard InChI is InChI=1S/C19H23N3O3/c1-3-7-22(8-4-2)19(25)15-9-13-5-6-14(17(24)12-23)10-16(13)21-18(20)11-15/h5-6,9-10,12H,3-4,7-8,11H2,1-2H3,(H2,20,21). The summed E-state index contributed by atoms with van der Waals surface area (Å²) in [5.74, 6) is -0.345. The molecule has 1 aromatic rings. The molecule has 0 bridgehead atoms. The molecule has 25 heavy (non-hydrogen) atoms. The summed E-state index contributed by atoms with van der Waals surface area (Å²) in [4.78, 5) is 41.2. The second kappa shape index (κ2) is 8.37. The Bertz CT molecular complexity index is 744. The van der Waals surface area contributed by atoms with Crippen LogP contribution in [0, 0.1) is 0 Å². The topological polar surface area (TPSA) is 92.8 Å². The van der Waals surface area contributed by atoms with Gasteiger partial charge in [-0.05, 0) is 25.0 Å². The number of aliphatic imine (C=N–C) groups is 1. The lowest BCUT2D eigenvalue weighted by Crippen LogP contribution is -2.34. The number of hydrogen-bond donors (Lipinski definition) is 1. The molecule has 0 fully saturated rings. The van der Waals surface area contributed by atoms with Crippen molar-refractivity contribution in [2.45, 2.75) is 33.1 Å². The monoisotopic (exact) mass is 341 g/mol. The number of nitrogens with two attached hydrogens (primary N) is 1. The molecule has 0 saturated heterocycles. The molecule has 1 aliphatic heterocycles. The first kappa shape index (κ1) is 18.6. The van der Waals surface area contributed by atoms with Crippen molar-refractivity contribution in [2.75, 3.05) is 13.1 Å². The third-order valence-electron chi connectivity index (χ3n) is 3.94. The molecule has 132 valence electrons. The van der Waals surface area contributed by atoms with Crippen molar-refractivity contribution in [1.29, 1.82) is 0 Å². The molecular formula is C19H23N3O3. The lowest BCUT2D eigenvalue weighted by atomic mass is 10.0. The Labute approximate surface area is 147 Å². The van der Waals surface area contributed by atoms with Crippen LogP contribution in [0.1, 0.15) is 49.0 Å². The van der Waals surface area contributed by atoms with Crippen molar-refractivity contribution < 1.29 is 14.4 Å². The highest BCUT2D eigenvalue weighted by Gasteiger charge is 2.21. The predicted molar refractivity (Wildman–Crippen MR) is 97.9 cm³/mol. The third-order valence-corrected chi connectivity index (χ3v) is 3.94. The number of amidine groups is 1. The Kier molecular flexibility index (Phi) is 6.22. The summed E-state index contributed by atoms with van der Waals surface area (Å²) in [6.07, 6.45) is 4.07. The number of Topliss-reactive ketones (excluding diaryl/α,β-unsaturated/α-hetero) is 1. The normalized spacial score (nSPS) is 13.2. The number of carbonyl (C=O) groups is 3. The van der Waals surface area contributed by atoms with Crippen LogP contribution in [0.3, 0.4) is 0 Å². The molecule has 0 unspecified atom stereocenters. The summed E-state index contributed by atoms with van der Waals surface area (Å²) in [7, 11) is 0. The fraction of sp³-hybridized carbons (Fsp3) is 0.368. The molecule has 1 amide bonds. The summed E-state index contributed by atoms with van der Waals surface area (Å²) in [5.41, 5.74) is 8.00. The van der Waals surface area contributed by atoms with Gasteiger partial charge >= 0.3 is 0 Å². The zero-order valence-corrected chi connectivity index (χ0v) is 14.6. The van der Waals surface area contributed by atoms with E-state index in [1.807, 2.05) is 18.7 Å². The Morgan fingerprint density at radius 2 is 1.92 bits per heavy atom. The second-order valence-corrected chi connectivity index (χ2v) is 6.00. The van der Waals surface area contributed by atoms with Gasteiger partial charge in [-0.2, -0.15) is 0 Å². The van der Waals surface area contributed by atoms with Crippen LogP contribution in [0.5, 0.6) is 0 Å². The van der Waals surface area contributed by atoms with Gasteiger partial charge in [0.1, 0.15) is 5.84 Å². The Morgan fingerprint density at radius 3 is 2.52 bits per heavy atom. The summed E-state index contributed by atoms with van der Waals surface area (Å²) in [5, 5.41) is 0. The third kappa shape index (κ3) is 4.41. The highest BCUT2D eigenvalue weighted by atomic mass is 16.2. The summed E-state index contributed by atoms with van der Waals surface area (Å²) < 4.78 is 0. The van der Waals surface area contributed by atoms with Crippen molar-refractivity contribution in [2.24, 2.45) is 10.7 Å². The van der Waals surface area contributed by atoms with E-state index in [9.17, 15) is 14.4 Å². The quantitative estimate of drug-likeness (QED) is 0.468. The fourth-order valence-electron chi connectivity index (χ4n) is 2.81. The zero-order chi connectivity index (χ0) is 18.4. The molecule has 2 N–H and O–H groups in total. The van der Waals surface area contributed by atoms with E-state index in [4.69, 9.17) is 5.73 Å². The first-order valence-electron chi connectivity index (χ1n) is 8.46. The fourth-order valence-corrected chi connectivity index (χ4v) is 2.81. The largest absolute Gasteiger partial charge is 0.387 e. The molecule has 0 aliphatic carbocycles. The Hall–Kier alpha value is -2.76. The van der Waals surface area contributed by atoms with Crippen LogP contribution in [0.25, 0.3) is 6.08 Å². The molecule has 0 saturated carbocycles. The minimum atomic E-state index is -0.613. The number of fused-ring (bicyclic) bond motifs is 1. The number of nitrogens with zero attached hydrogens (tertiary/aromatic N) is 2. The van der Waals surface area contributed by atoms with Crippen LogP contribution < -0.4 is 5.73 Å². The van der Waals surface area contributed by atoms with Gasteiger partial charge in [-0.3, -0.25) is 14.4 Å². The summed E-state index contributed by atoms with van der Waals surface area (Å²) >= 11 is 0. The van der Waals surface area contributed by atoms with E-state index in [0.29, 0.717) is 35.7 Å². The molecule has 1 aliphatic rings. The van der Waals surface area contributed by atoms with Crippen molar-refractivity contribution in [3.05, 3.63) is 34.9 Å². The molecular weight excluding hydrogens is 318 g/mol. The SMILES string of the molecule is CCCN(CCC)C(=O)C1=Cc2ccc(C(=O)C=O)cc2N=C(N)C1. The van der Waals surface area contributed by atoms with Crippen LogP contribution in [0.2, 0.25) is 0 Å². The maximum Gasteiger partial charge on any atom is 0.250 e. The minimum absolute atomic E-state index is 0.0391. The Morgan fingerprint density at radius 1 is 1.24 bits per heavy atom. The van der Waals surface area contributed by atoms with Gasteiger partial charge in [-0.1, -0.05) is 26.0 Å². The van der Waals surface area contributed by atoms with E-state index in [0.717, 1.165) is 12.8 Å². The molecule has 2 rings (SSSR count). The van der Waals surface area contributed by atoms with Gasteiger partial charge in [0, 0.05) is 36.2 Å². The van der Waals surface area contributed by atoms with Crippen LogP contribution >= 0.6 is 0 Å². The molecule has 0 aromatic heterocycles. The predicted octanol–water partition coefficient (Wildman–Crippen LogP) is 2.49. The van der Waals surface area contributed by atoms with E-state index in [1.165, 1.54) is 6.07 Å². The van der Waals surface area contributed by atoms with Crippen molar-refractivity contribution in [1.82, 2.24) is 4.90 Å². The van der Waals surface area contributed by atoms with Crippen LogP contribution in [-0.2, 0) is 9.59 Å². The first-order valence-corrected chi connectivity index (χ1v) is 8.46. The molecule has 1 aromatic carbocycles.